The first-order valence-electron chi connectivity index (χ1n) is 5.26. The standard InChI is InChI=1S/C12H16O4/c1-2-3-9-16-11(13)12(14,15)10-7-5-4-6-8-10/h4-8,14-15H,2-3,9H2,1H3. The van der Waals surface area contributed by atoms with E-state index < -0.39 is 11.8 Å². The van der Waals surface area contributed by atoms with Crippen LogP contribution in [0.1, 0.15) is 25.3 Å². The van der Waals surface area contributed by atoms with Crippen molar-refractivity contribution in [1.82, 2.24) is 0 Å². The van der Waals surface area contributed by atoms with Crippen molar-refractivity contribution >= 4 is 5.97 Å². The van der Waals surface area contributed by atoms with E-state index in [2.05, 4.69) is 0 Å². The van der Waals surface area contributed by atoms with Crippen molar-refractivity contribution in [3.8, 4) is 0 Å². The lowest BCUT2D eigenvalue weighted by molar-refractivity contribution is -0.214. The van der Waals surface area contributed by atoms with E-state index in [1.165, 1.54) is 12.1 Å². The lowest BCUT2D eigenvalue weighted by atomic mass is 10.1. The van der Waals surface area contributed by atoms with Gasteiger partial charge in [-0.25, -0.2) is 4.79 Å². The van der Waals surface area contributed by atoms with Crippen molar-refractivity contribution in [2.75, 3.05) is 6.61 Å². The summed E-state index contributed by atoms with van der Waals surface area (Å²) in [4.78, 5) is 11.4. The van der Waals surface area contributed by atoms with E-state index in [1.54, 1.807) is 18.2 Å². The third-order valence-corrected chi connectivity index (χ3v) is 2.19. The molecule has 0 aliphatic rings. The van der Waals surface area contributed by atoms with Crippen molar-refractivity contribution in [3.05, 3.63) is 35.9 Å². The number of aliphatic hydroxyl groups is 2. The summed E-state index contributed by atoms with van der Waals surface area (Å²) in [6.07, 6.45) is 1.58. The van der Waals surface area contributed by atoms with Gasteiger partial charge in [0.1, 0.15) is 0 Å². The minimum atomic E-state index is -2.56. The highest BCUT2D eigenvalue weighted by Crippen LogP contribution is 2.19. The van der Waals surface area contributed by atoms with Gasteiger partial charge in [0.05, 0.1) is 6.61 Å². The van der Waals surface area contributed by atoms with Crippen molar-refractivity contribution in [1.29, 1.82) is 0 Å². The summed E-state index contributed by atoms with van der Waals surface area (Å²) in [7, 11) is 0. The Morgan fingerprint density at radius 3 is 2.50 bits per heavy atom. The normalized spacial score (nSPS) is 11.2. The summed E-state index contributed by atoms with van der Waals surface area (Å²) in [5.41, 5.74) is 0.108. The third-order valence-electron chi connectivity index (χ3n) is 2.19. The molecule has 0 amide bonds. The van der Waals surface area contributed by atoms with Gasteiger partial charge in [-0.2, -0.15) is 0 Å². The van der Waals surface area contributed by atoms with Gasteiger partial charge in [0.15, 0.2) is 0 Å². The second-order valence-corrected chi connectivity index (χ2v) is 3.53. The van der Waals surface area contributed by atoms with Crippen LogP contribution in [-0.2, 0) is 15.3 Å². The summed E-state index contributed by atoms with van der Waals surface area (Å²) in [5, 5.41) is 19.3. The Morgan fingerprint density at radius 2 is 1.94 bits per heavy atom. The van der Waals surface area contributed by atoms with Crippen LogP contribution >= 0.6 is 0 Å². The molecule has 0 saturated heterocycles. The summed E-state index contributed by atoms with van der Waals surface area (Å²) in [5.74, 6) is -3.60. The average molecular weight is 224 g/mol. The molecule has 2 N–H and O–H groups in total. The average Bonchev–Trinajstić information content (AvgIpc) is 2.30. The fraction of sp³-hybridized carbons (Fsp3) is 0.417. The molecule has 1 rings (SSSR count). The molecule has 4 nitrogen and oxygen atoms in total. The Balaban J connectivity index is 2.66. The maximum Gasteiger partial charge on any atom is 0.371 e. The van der Waals surface area contributed by atoms with E-state index in [0.29, 0.717) is 6.42 Å². The smallest absolute Gasteiger partial charge is 0.371 e. The zero-order valence-electron chi connectivity index (χ0n) is 9.22. The third kappa shape index (κ3) is 3.05. The van der Waals surface area contributed by atoms with Crippen LogP contribution in [-0.4, -0.2) is 22.8 Å². The zero-order chi connectivity index (χ0) is 12.0. The number of carbonyl (C=O) groups excluding carboxylic acids is 1. The molecule has 1 aromatic carbocycles. The van der Waals surface area contributed by atoms with Crippen molar-refractivity contribution in [2.24, 2.45) is 0 Å². The van der Waals surface area contributed by atoms with E-state index in [9.17, 15) is 15.0 Å². The molecule has 1 aromatic rings. The Labute approximate surface area is 94.5 Å². The topological polar surface area (TPSA) is 66.8 Å². The Bertz CT molecular complexity index is 332. The van der Waals surface area contributed by atoms with Crippen molar-refractivity contribution in [3.63, 3.8) is 0 Å². The zero-order valence-corrected chi connectivity index (χ0v) is 9.22. The first kappa shape index (κ1) is 12.7. The van der Waals surface area contributed by atoms with Gasteiger partial charge < -0.3 is 14.9 Å². The van der Waals surface area contributed by atoms with E-state index in [0.717, 1.165) is 6.42 Å². The minimum Gasteiger partial charge on any atom is -0.461 e. The Hall–Kier alpha value is -1.39. The van der Waals surface area contributed by atoms with Gasteiger partial charge in [0.2, 0.25) is 0 Å². The molecule has 0 aromatic heterocycles. The highest BCUT2D eigenvalue weighted by Gasteiger charge is 2.37. The molecule has 0 saturated carbocycles. The van der Waals surface area contributed by atoms with Gasteiger partial charge >= 0.3 is 5.97 Å². The molecule has 88 valence electrons. The quantitative estimate of drug-likeness (QED) is 0.447. The highest BCUT2D eigenvalue weighted by atomic mass is 16.6. The van der Waals surface area contributed by atoms with E-state index >= 15 is 0 Å². The van der Waals surface area contributed by atoms with Gasteiger partial charge in [-0.05, 0) is 6.42 Å². The molecule has 16 heavy (non-hydrogen) atoms. The first-order valence-corrected chi connectivity index (χ1v) is 5.26. The molecule has 0 spiro atoms. The van der Waals surface area contributed by atoms with Crippen LogP contribution in [0.4, 0.5) is 0 Å². The number of esters is 1. The largest absolute Gasteiger partial charge is 0.461 e. The maximum absolute atomic E-state index is 11.4. The lowest BCUT2D eigenvalue weighted by Gasteiger charge is -2.19. The number of ether oxygens (including phenoxy) is 1. The molecule has 0 unspecified atom stereocenters. The summed E-state index contributed by atoms with van der Waals surface area (Å²) < 4.78 is 4.76. The fourth-order valence-corrected chi connectivity index (χ4v) is 1.20. The SMILES string of the molecule is CCCCOC(=O)C(O)(O)c1ccccc1. The van der Waals surface area contributed by atoms with Gasteiger partial charge in [-0.15, -0.1) is 0 Å². The number of rotatable bonds is 5. The van der Waals surface area contributed by atoms with Crippen LogP contribution in [0.15, 0.2) is 30.3 Å². The molecular formula is C12H16O4. The number of hydrogen-bond donors (Lipinski definition) is 2. The van der Waals surface area contributed by atoms with Crippen molar-refractivity contribution in [2.45, 2.75) is 25.6 Å². The highest BCUT2D eigenvalue weighted by molar-refractivity contribution is 5.78. The predicted molar refractivity (Wildman–Crippen MR) is 58.4 cm³/mol. The number of hydrogen-bond acceptors (Lipinski definition) is 4. The molecule has 0 atom stereocenters. The van der Waals surface area contributed by atoms with Crippen LogP contribution < -0.4 is 0 Å². The van der Waals surface area contributed by atoms with E-state index in [1.807, 2.05) is 6.92 Å². The molecule has 4 heteroatoms. The molecule has 0 fully saturated rings. The van der Waals surface area contributed by atoms with Crippen LogP contribution in [0.25, 0.3) is 0 Å². The van der Waals surface area contributed by atoms with Crippen molar-refractivity contribution < 1.29 is 19.7 Å². The Kier molecular flexibility index (Phi) is 4.46. The molecule has 0 radical (unpaired) electrons. The van der Waals surface area contributed by atoms with Crippen LogP contribution in [0.2, 0.25) is 0 Å². The van der Waals surface area contributed by atoms with E-state index in [-0.39, 0.29) is 12.2 Å². The number of unbranched alkanes of at least 4 members (excludes halogenated alkanes) is 1. The van der Waals surface area contributed by atoms with Crippen LogP contribution in [0.5, 0.6) is 0 Å². The minimum absolute atomic E-state index is 0.108. The second kappa shape index (κ2) is 5.63. The first-order chi connectivity index (χ1) is 7.59. The van der Waals surface area contributed by atoms with Gasteiger partial charge in [-0.1, -0.05) is 43.7 Å². The fourth-order valence-electron chi connectivity index (χ4n) is 1.20. The predicted octanol–water partition coefficient (Wildman–Crippen LogP) is 1.17. The Morgan fingerprint density at radius 1 is 1.31 bits per heavy atom. The van der Waals surface area contributed by atoms with Gasteiger partial charge in [0.25, 0.3) is 5.79 Å². The summed E-state index contributed by atoms with van der Waals surface area (Å²) >= 11 is 0. The maximum atomic E-state index is 11.4. The number of carbonyl (C=O) groups is 1. The molecule has 0 bridgehead atoms. The van der Waals surface area contributed by atoms with Gasteiger partial charge in [0, 0.05) is 5.56 Å². The van der Waals surface area contributed by atoms with E-state index in [4.69, 9.17) is 4.74 Å². The van der Waals surface area contributed by atoms with Crippen LogP contribution in [0.3, 0.4) is 0 Å². The summed E-state index contributed by atoms with van der Waals surface area (Å²) in [6.45, 7) is 2.15. The second-order valence-electron chi connectivity index (χ2n) is 3.53. The molecule has 0 aliphatic heterocycles. The molecular weight excluding hydrogens is 208 g/mol. The monoisotopic (exact) mass is 224 g/mol. The lowest BCUT2D eigenvalue weighted by Crippen LogP contribution is -2.37. The van der Waals surface area contributed by atoms with Crippen LogP contribution in [0, 0.1) is 0 Å². The summed E-state index contributed by atoms with van der Waals surface area (Å²) in [6, 6.07) is 7.88. The molecule has 0 aliphatic carbocycles. The van der Waals surface area contributed by atoms with Gasteiger partial charge in [-0.3, -0.25) is 0 Å². The number of benzene rings is 1. The molecule has 0 heterocycles.